The second-order valence-corrected chi connectivity index (χ2v) is 8.06. The van der Waals surface area contributed by atoms with Crippen LogP contribution in [0.3, 0.4) is 0 Å². The fourth-order valence-electron chi connectivity index (χ4n) is 5.12. The molecule has 1 saturated heterocycles. The van der Waals surface area contributed by atoms with Gasteiger partial charge in [-0.2, -0.15) is 0 Å². The van der Waals surface area contributed by atoms with Crippen LogP contribution in [0.5, 0.6) is 5.75 Å². The second kappa shape index (κ2) is 5.33. The summed E-state index contributed by atoms with van der Waals surface area (Å²) in [6, 6.07) is 4.32. The van der Waals surface area contributed by atoms with Gasteiger partial charge >= 0.3 is 0 Å². The molecule has 6 rings (SSSR count). The van der Waals surface area contributed by atoms with Gasteiger partial charge in [0.1, 0.15) is 12.3 Å². The summed E-state index contributed by atoms with van der Waals surface area (Å²) >= 11 is 5.77. The maximum atomic E-state index is 12.8. The van der Waals surface area contributed by atoms with E-state index in [1.165, 1.54) is 18.2 Å². The summed E-state index contributed by atoms with van der Waals surface area (Å²) in [5.41, 5.74) is 0.193. The molecule has 0 spiro atoms. The number of rotatable bonds is 3. The van der Waals surface area contributed by atoms with Crippen LogP contribution in [-0.2, 0) is 14.4 Å². The number of benzene rings is 1. The lowest BCUT2D eigenvalue weighted by Gasteiger charge is -2.37. The molecule has 1 aromatic rings. The third-order valence-corrected chi connectivity index (χ3v) is 6.52. The number of phenols is 1. The highest BCUT2D eigenvalue weighted by Gasteiger charge is 2.67. The Labute approximate surface area is 154 Å². The molecule has 26 heavy (non-hydrogen) atoms. The molecule has 0 radical (unpaired) electrons. The standard InChI is InChI=1S/C19H17ClN2O4/c20-8-1-4-13(14(23)5-8)21-15(24)7-22-18(25)16-9-2-3-10(12-6-11(9)12)17(16)19(22)26/h1-5,9-12,16-17,23H,6-7H2,(H,21,24)/t9-,10+,11-,12+,16-,17+. The molecule has 2 bridgehead atoms. The zero-order valence-electron chi connectivity index (χ0n) is 13.8. The zero-order chi connectivity index (χ0) is 18.2. The van der Waals surface area contributed by atoms with E-state index in [4.69, 9.17) is 11.6 Å². The summed E-state index contributed by atoms with van der Waals surface area (Å²) in [5.74, 6) is -0.434. The fourth-order valence-corrected chi connectivity index (χ4v) is 5.28. The van der Waals surface area contributed by atoms with Crippen molar-refractivity contribution >= 4 is 35.0 Å². The van der Waals surface area contributed by atoms with Gasteiger partial charge in [-0.15, -0.1) is 0 Å². The number of carbonyl (C=O) groups excluding carboxylic acids is 3. The molecule has 7 heteroatoms. The number of amides is 3. The summed E-state index contributed by atoms with van der Waals surface area (Å²) in [6.07, 6.45) is 5.30. The van der Waals surface area contributed by atoms with Crippen LogP contribution in [0.2, 0.25) is 5.02 Å². The van der Waals surface area contributed by atoms with Crippen molar-refractivity contribution in [2.75, 3.05) is 11.9 Å². The molecule has 3 fully saturated rings. The second-order valence-electron chi connectivity index (χ2n) is 7.63. The van der Waals surface area contributed by atoms with Gasteiger partial charge in [-0.3, -0.25) is 19.3 Å². The Morgan fingerprint density at radius 1 is 1.15 bits per heavy atom. The van der Waals surface area contributed by atoms with Gasteiger partial charge in [-0.25, -0.2) is 0 Å². The minimum absolute atomic E-state index is 0.139. The molecule has 2 saturated carbocycles. The smallest absolute Gasteiger partial charge is 0.244 e. The number of anilines is 1. The van der Waals surface area contributed by atoms with Gasteiger partial charge in [0.2, 0.25) is 17.7 Å². The predicted molar refractivity (Wildman–Crippen MR) is 93.2 cm³/mol. The summed E-state index contributed by atoms with van der Waals surface area (Å²) in [6.45, 7) is -0.332. The number of nitrogens with one attached hydrogen (secondary N) is 1. The van der Waals surface area contributed by atoms with E-state index in [1.54, 1.807) is 0 Å². The molecule has 134 valence electrons. The minimum atomic E-state index is -0.520. The molecular formula is C19H17ClN2O4. The van der Waals surface area contributed by atoms with Gasteiger partial charge in [0.25, 0.3) is 0 Å². The fraction of sp³-hybridized carbons (Fsp3) is 0.421. The Bertz CT molecular complexity index is 846. The molecular weight excluding hydrogens is 356 g/mol. The van der Waals surface area contributed by atoms with Crippen LogP contribution in [0.4, 0.5) is 5.69 Å². The molecule has 6 nitrogen and oxygen atoms in total. The first-order valence-corrected chi connectivity index (χ1v) is 9.15. The van der Waals surface area contributed by atoms with Crippen molar-refractivity contribution in [3.8, 4) is 5.75 Å². The van der Waals surface area contributed by atoms with Gasteiger partial charge in [-0.1, -0.05) is 23.8 Å². The Hall–Kier alpha value is -2.34. The third kappa shape index (κ3) is 2.14. The topological polar surface area (TPSA) is 86.7 Å². The lowest BCUT2D eigenvalue weighted by Crippen LogP contribution is -2.40. The number of hydrogen-bond donors (Lipinski definition) is 2. The van der Waals surface area contributed by atoms with Crippen LogP contribution in [-0.4, -0.2) is 34.3 Å². The SMILES string of the molecule is O=C(CN1C(=O)[C@@H]2[C@@H]3C=C[C@@H]([C@@H]4C[C@H]34)[C@@H]2C1=O)Nc1ccc(Cl)cc1O. The Morgan fingerprint density at radius 3 is 2.35 bits per heavy atom. The van der Waals surface area contributed by atoms with Crippen molar-refractivity contribution in [2.24, 2.45) is 35.5 Å². The van der Waals surface area contributed by atoms with Gasteiger partial charge < -0.3 is 10.4 Å². The first-order chi connectivity index (χ1) is 12.5. The Morgan fingerprint density at radius 2 is 1.77 bits per heavy atom. The highest BCUT2D eigenvalue weighted by Crippen LogP contribution is 2.65. The minimum Gasteiger partial charge on any atom is -0.506 e. The monoisotopic (exact) mass is 372 g/mol. The van der Waals surface area contributed by atoms with Gasteiger partial charge in [0.15, 0.2) is 0 Å². The van der Waals surface area contributed by atoms with Crippen molar-refractivity contribution in [1.82, 2.24) is 4.90 Å². The summed E-state index contributed by atoms with van der Waals surface area (Å²) < 4.78 is 0. The van der Waals surface area contributed by atoms with E-state index in [1.807, 2.05) is 0 Å². The Kier molecular flexibility index (Phi) is 3.26. The molecule has 3 amide bonds. The van der Waals surface area contributed by atoms with Crippen molar-refractivity contribution in [1.29, 1.82) is 0 Å². The highest BCUT2D eigenvalue weighted by molar-refractivity contribution is 6.30. The molecule has 6 atom stereocenters. The van der Waals surface area contributed by atoms with E-state index in [0.29, 0.717) is 16.9 Å². The molecule has 0 unspecified atom stereocenters. The van der Waals surface area contributed by atoms with Crippen molar-refractivity contribution in [3.63, 3.8) is 0 Å². The van der Waals surface area contributed by atoms with Gasteiger partial charge in [0.05, 0.1) is 17.5 Å². The summed E-state index contributed by atoms with van der Waals surface area (Å²) in [4.78, 5) is 39.1. The quantitative estimate of drug-likeness (QED) is 0.483. The lowest BCUT2D eigenvalue weighted by molar-refractivity contribution is -0.142. The summed E-state index contributed by atoms with van der Waals surface area (Å²) in [5, 5.41) is 12.7. The molecule has 0 aromatic heterocycles. The van der Waals surface area contributed by atoms with E-state index >= 15 is 0 Å². The highest BCUT2D eigenvalue weighted by atomic mass is 35.5. The third-order valence-electron chi connectivity index (χ3n) is 6.29. The normalized spacial score (nSPS) is 36.1. The first-order valence-electron chi connectivity index (χ1n) is 8.77. The van der Waals surface area contributed by atoms with Crippen LogP contribution in [0, 0.1) is 35.5 Å². The van der Waals surface area contributed by atoms with Crippen LogP contribution in [0.1, 0.15) is 6.42 Å². The number of carbonyl (C=O) groups is 3. The van der Waals surface area contributed by atoms with E-state index in [9.17, 15) is 19.5 Å². The van der Waals surface area contributed by atoms with E-state index in [2.05, 4.69) is 17.5 Å². The number of phenolic OH excluding ortho intramolecular Hbond substituents is 1. The Balaban J connectivity index is 1.33. The predicted octanol–water partition coefficient (Wildman–Crippen LogP) is 2.04. The molecule has 1 aromatic carbocycles. The van der Waals surface area contributed by atoms with E-state index in [0.717, 1.165) is 11.3 Å². The number of aromatic hydroxyl groups is 1. The summed E-state index contributed by atoms with van der Waals surface area (Å²) in [7, 11) is 0. The molecule has 4 aliphatic carbocycles. The molecule has 5 aliphatic rings. The number of hydrogen-bond acceptors (Lipinski definition) is 4. The zero-order valence-corrected chi connectivity index (χ0v) is 14.5. The lowest BCUT2D eigenvalue weighted by atomic mass is 9.63. The van der Waals surface area contributed by atoms with Crippen LogP contribution >= 0.6 is 11.6 Å². The van der Waals surface area contributed by atoms with Gasteiger partial charge in [0, 0.05) is 11.1 Å². The molecule has 2 N–H and O–H groups in total. The molecule has 1 heterocycles. The maximum absolute atomic E-state index is 12.8. The maximum Gasteiger partial charge on any atom is 0.244 e. The average Bonchev–Trinajstić information content (AvgIpc) is 3.39. The molecule has 1 aliphatic heterocycles. The van der Waals surface area contributed by atoms with Crippen molar-refractivity contribution in [3.05, 3.63) is 35.4 Å². The van der Waals surface area contributed by atoms with Crippen molar-refractivity contribution in [2.45, 2.75) is 6.42 Å². The average molecular weight is 373 g/mol. The largest absolute Gasteiger partial charge is 0.506 e. The first kappa shape index (κ1) is 15.9. The van der Waals surface area contributed by atoms with E-state index < -0.39 is 5.91 Å². The number of halogens is 1. The van der Waals surface area contributed by atoms with Crippen molar-refractivity contribution < 1.29 is 19.5 Å². The number of nitrogens with zero attached hydrogens (tertiary/aromatic N) is 1. The van der Waals surface area contributed by atoms with Crippen LogP contribution in [0.25, 0.3) is 0 Å². The van der Waals surface area contributed by atoms with Gasteiger partial charge in [-0.05, 0) is 42.2 Å². The number of likely N-dealkylation sites (tertiary alicyclic amines) is 1. The number of allylic oxidation sites excluding steroid dienone is 2. The van der Waals surface area contributed by atoms with Crippen LogP contribution in [0.15, 0.2) is 30.4 Å². The van der Waals surface area contributed by atoms with E-state index in [-0.39, 0.29) is 53.5 Å². The number of imide groups is 1. The van der Waals surface area contributed by atoms with Crippen LogP contribution < -0.4 is 5.32 Å².